The monoisotopic (exact) mass is 270 g/mol. The number of fused-ring (bicyclic) bond motifs is 1. The molecule has 0 saturated carbocycles. The summed E-state index contributed by atoms with van der Waals surface area (Å²) in [6, 6.07) is 10.1. The van der Waals surface area contributed by atoms with Crippen LogP contribution in [0.2, 0.25) is 0 Å². The summed E-state index contributed by atoms with van der Waals surface area (Å²) >= 11 is 1.64. The zero-order valence-corrected chi connectivity index (χ0v) is 11.1. The second-order valence-corrected chi connectivity index (χ2v) is 5.25. The van der Waals surface area contributed by atoms with Gasteiger partial charge in [0.25, 0.3) is 0 Å². The molecule has 0 amide bonds. The van der Waals surface area contributed by atoms with Gasteiger partial charge in [0.15, 0.2) is 0 Å². The Bertz CT molecular complexity index is 661. The molecule has 0 bridgehead atoms. The summed E-state index contributed by atoms with van der Waals surface area (Å²) in [6.07, 6.45) is 4.42. The summed E-state index contributed by atoms with van der Waals surface area (Å²) in [5.74, 6) is 5.72. The van der Waals surface area contributed by atoms with E-state index in [2.05, 4.69) is 21.5 Å². The van der Waals surface area contributed by atoms with Gasteiger partial charge in [0.05, 0.1) is 16.6 Å². The van der Waals surface area contributed by atoms with Crippen molar-refractivity contribution in [3.63, 3.8) is 0 Å². The highest BCUT2D eigenvalue weighted by Gasteiger charge is 2.15. The number of thiazole rings is 1. The smallest absolute Gasteiger partial charge is 0.0944 e. The first-order chi connectivity index (χ1) is 9.38. The predicted molar refractivity (Wildman–Crippen MR) is 77.6 cm³/mol. The molecule has 2 heterocycles. The predicted octanol–water partition coefficient (Wildman–Crippen LogP) is 2.44. The number of hydrogen-bond acceptors (Lipinski definition) is 5. The van der Waals surface area contributed by atoms with Crippen molar-refractivity contribution in [3.05, 3.63) is 58.7 Å². The number of para-hydroxylation sites is 1. The zero-order chi connectivity index (χ0) is 13.1. The van der Waals surface area contributed by atoms with Gasteiger partial charge in [-0.25, -0.2) is 4.98 Å². The lowest BCUT2D eigenvalue weighted by atomic mass is 10.0. The highest BCUT2D eigenvalue weighted by molar-refractivity contribution is 7.09. The molecule has 5 heteroatoms. The molecule has 0 radical (unpaired) electrons. The van der Waals surface area contributed by atoms with Gasteiger partial charge in [-0.3, -0.25) is 16.3 Å². The van der Waals surface area contributed by atoms with Crippen molar-refractivity contribution < 1.29 is 0 Å². The molecule has 3 aromatic rings. The summed E-state index contributed by atoms with van der Waals surface area (Å²) in [4.78, 5) is 8.69. The van der Waals surface area contributed by atoms with Gasteiger partial charge in [0, 0.05) is 29.6 Å². The second kappa shape index (κ2) is 5.44. The van der Waals surface area contributed by atoms with Crippen LogP contribution in [0.4, 0.5) is 0 Å². The molecule has 19 heavy (non-hydrogen) atoms. The molecule has 3 N–H and O–H groups in total. The van der Waals surface area contributed by atoms with Gasteiger partial charge in [-0.15, -0.1) is 11.3 Å². The Labute approximate surface area is 115 Å². The lowest BCUT2D eigenvalue weighted by Gasteiger charge is -2.16. The zero-order valence-electron chi connectivity index (χ0n) is 10.3. The SMILES string of the molecule is NNC(Cc1nccs1)c1ccnc2ccccc12. The van der Waals surface area contributed by atoms with Crippen LogP contribution in [-0.4, -0.2) is 9.97 Å². The van der Waals surface area contributed by atoms with Gasteiger partial charge >= 0.3 is 0 Å². The third-order valence-corrected chi connectivity index (χ3v) is 3.92. The quantitative estimate of drug-likeness (QED) is 0.564. The summed E-state index contributed by atoms with van der Waals surface area (Å²) in [7, 11) is 0. The number of nitrogens with one attached hydrogen (secondary N) is 1. The Balaban J connectivity index is 2.01. The first kappa shape index (κ1) is 12.2. The van der Waals surface area contributed by atoms with Crippen LogP contribution in [-0.2, 0) is 6.42 Å². The first-order valence-corrected chi connectivity index (χ1v) is 6.94. The maximum Gasteiger partial charge on any atom is 0.0944 e. The molecule has 0 saturated heterocycles. The highest BCUT2D eigenvalue weighted by Crippen LogP contribution is 2.25. The van der Waals surface area contributed by atoms with Crippen LogP contribution < -0.4 is 11.3 Å². The molecule has 96 valence electrons. The Morgan fingerprint density at radius 1 is 1.16 bits per heavy atom. The van der Waals surface area contributed by atoms with Crippen molar-refractivity contribution in [3.8, 4) is 0 Å². The van der Waals surface area contributed by atoms with Gasteiger partial charge in [-0.2, -0.15) is 0 Å². The third kappa shape index (κ3) is 2.49. The van der Waals surface area contributed by atoms with Gasteiger partial charge in [0.2, 0.25) is 0 Å². The van der Waals surface area contributed by atoms with E-state index in [9.17, 15) is 0 Å². The number of hydrogen-bond donors (Lipinski definition) is 2. The van der Waals surface area contributed by atoms with Crippen molar-refractivity contribution in [1.82, 2.24) is 15.4 Å². The molecule has 0 spiro atoms. The fraction of sp³-hybridized carbons (Fsp3) is 0.143. The molecule has 0 aliphatic carbocycles. The van der Waals surface area contributed by atoms with Crippen LogP contribution in [0, 0.1) is 0 Å². The van der Waals surface area contributed by atoms with Crippen molar-refractivity contribution in [2.75, 3.05) is 0 Å². The molecular weight excluding hydrogens is 256 g/mol. The van der Waals surface area contributed by atoms with Gasteiger partial charge in [0.1, 0.15) is 0 Å². The van der Waals surface area contributed by atoms with E-state index in [4.69, 9.17) is 5.84 Å². The van der Waals surface area contributed by atoms with E-state index in [0.29, 0.717) is 0 Å². The normalized spacial score (nSPS) is 12.7. The number of benzene rings is 1. The summed E-state index contributed by atoms with van der Waals surface area (Å²) in [6.45, 7) is 0. The fourth-order valence-corrected chi connectivity index (χ4v) is 2.87. The molecule has 3 rings (SSSR count). The number of nitrogens with zero attached hydrogens (tertiary/aromatic N) is 2. The Hall–Kier alpha value is -1.82. The summed E-state index contributed by atoms with van der Waals surface area (Å²) < 4.78 is 0. The molecular formula is C14H14N4S. The van der Waals surface area contributed by atoms with E-state index < -0.39 is 0 Å². The highest BCUT2D eigenvalue weighted by atomic mass is 32.1. The Morgan fingerprint density at radius 2 is 2.05 bits per heavy atom. The number of nitrogens with two attached hydrogens (primary N) is 1. The van der Waals surface area contributed by atoms with E-state index in [0.717, 1.165) is 27.9 Å². The van der Waals surface area contributed by atoms with Crippen LogP contribution in [0.25, 0.3) is 10.9 Å². The van der Waals surface area contributed by atoms with Crippen LogP contribution in [0.3, 0.4) is 0 Å². The van der Waals surface area contributed by atoms with E-state index in [1.165, 1.54) is 0 Å². The van der Waals surface area contributed by atoms with E-state index >= 15 is 0 Å². The molecule has 1 aromatic carbocycles. The van der Waals surface area contributed by atoms with Gasteiger partial charge in [-0.05, 0) is 17.7 Å². The minimum atomic E-state index is 0.0408. The summed E-state index contributed by atoms with van der Waals surface area (Å²) in [5.41, 5.74) is 5.03. The van der Waals surface area contributed by atoms with Crippen LogP contribution in [0.1, 0.15) is 16.6 Å². The topological polar surface area (TPSA) is 63.8 Å². The largest absolute Gasteiger partial charge is 0.271 e. The number of pyridine rings is 1. The number of hydrazine groups is 1. The molecule has 0 aliphatic rings. The minimum absolute atomic E-state index is 0.0408. The Kier molecular flexibility index (Phi) is 3.50. The minimum Gasteiger partial charge on any atom is -0.271 e. The molecule has 1 atom stereocenters. The van der Waals surface area contributed by atoms with Crippen LogP contribution in [0.5, 0.6) is 0 Å². The second-order valence-electron chi connectivity index (χ2n) is 4.27. The number of aromatic nitrogens is 2. The molecule has 2 aromatic heterocycles. The Morgan fingerprint density at radius 3 is 2.84 bits per heavy atom. The van der Waals surface area contributed by atoms with Crippen LogP contribution >= 0.6 is 11.3 Å². The van der Waals surface area contributed by atoms with Gasteiger partial charge in [-0.1, -0.05) is 18.2 Å². The third-order valence-electron chi connectivity index (χ3n) is 3.12. The molecule has 1 unspecified atom stereocenters. The fourth-order valence-electron chi connectivity index (χ4n) is 2.21. The van der Waals surface area contributed by atoms with E-state index in [1.807, 2.05) is 42.0 Å². The first-order valence-electron chi connectivity index (χ1n) is 6.06. The van der Waals surface area contributed by atoms with E-state index in [1.54, 1.807) is 11.3 Å². The maximum atomic E-state index is 5.72. The maximum absolute atomic E-state index is 5.72. The average molecular weight is 270 g/mol. The lowest BCUT2D eigenvalue weighted by Crippen LogP contribution is -2.29. The molecule has 0 fully saturated rings. The lowest BCUT2D eigenvalue weighted by molar-refractivity contribution is 0.554. The van der Waals surface area contributed by atoms with Gasteiger partial charge < -0.3 is 0 Å². The number of rotatable bonds is 4. The van der Waals surface area contributed by atoms with Crippen LogP contribution in [0.15, 0.2) is 48.1 Å². The van der Waals surface area contributed by atoms with Crippen molar-refractivity contribution >= 4 is 22.2 Å². The summed E-state index contributed by atoms with van der Waals surface area (Å²) in [5, 5.41) is 4.18. The van der Waals surface area contributed by atoms with Crippen molar-refractivity contribution in [1.29, 1.82) is 0 Å². The van der Waals surface area contributed by atoms with E-state index in [-0.39, 0.29) is 6.04 Å². The standard InChI is InChI=1S/C14H14N4S/c15-18-13(9-14-17-7-8-19-14)11-5-6-16-12-4-2-1-3-10(11)12/h1-8,13,18H,9,15H2. The molecule has 4 nitrogen and oxygen atoms in total. The molecule has 0 aliphatic heterocycles. The van der Waals surface area contributed by atoms with Crippen molar-refractivity contribution in [2.45, 2.75) is 12.5 Å². The van der Waals surface area contributed by atoms with Crippen molar-refractivity contribution in [2.24, 2.45) is 5.84 Å². The average Bonchev–Trinajstić information content (AvgIpc) is 2.97.